The molecule has 100 valence electrons. The molecule has 1 aliphatic rings. The zero-order chi connectivity index (χ0) is 14.0. The third-order valence-electron chi connectivity index (χ3n) is 2.68. The molecule has 2 rings (SSSR count). The summed E-state index contributed by atoms with van der Waals surface area (Å²) in [7, 11) is 0. The van der Waals surface area contributed by atoms with E-state index in [1.54, 1.807) is 0 Å². The van der Waals surface area contributed by atoms with Crippen molar-refractivity contribution in [2.75, 3.05) is 0 Å². The Hall–Kier alpha value is -1.00. The molecule has 0 saturated carbocycles. The second kappa shape index (κ2) is 5.97. The van der Waals surface area contributed by atoms with Gasteiger partial charge in [-0.15, -0.1) is 0 Å². The highest BCUT2D eigenvalue weighted by Crippen LogP contribution is 2.52. The maximum Gasteiger partial charge on any atom is 0.168 e. The minimum absolute atomic E-state index is 0.0368. The van der Waals surface area contributed by atoms with Crippen LogP contribution in [-0.4, -0.2) is 11.6 Å². The maximum atomic E-state index is 12.2. The first-order valence-electron chi connectivity index (χ1n) is 6.22. The highest BCUT2D eigenvalue weighted by Gasteiger charge is 2.26. The van der Waals surface area contributed by atoms with Crippen LogP contribution in [0.5, 0.6) is 0 Å². The molecule has 4 heteroatoms. The summed E-state index contributed by atoms with van der Waals surface area (Å²) < 4.78 is 0.833. The van der Waals surface area contributed by atoms with E-state index < -0.39 is 0 Å². The summed E-state index contributed by atoms with van der Waals surface area (Å²) in [6.07, 6.45) is 0.426. The van der Waals surface area contributed by atoms with Crippen molar-refractivity contribution in [1.82, 2.24) is 0 Å². The molecule has 1 aromatic rings. The van der Waals surface area contributed by atoms with E-state index in [2.05, 4.69) is 0 Å². The van der Waals surface area contributed by atoms with Crippen molar-refractivity contribution in [3.05, 3.63) is 34.1 Å². The smallest absolute Gasteiger partial charge is 0.168 e. The standard InChI is InChI=1S/C15H16O2S2/c1-9(2)8-11(17)14(10(3)16)15-18-12-6-4-5-7-13(12)19-15/h4-7,9H,8H2,1-3H3. The lowest BCUT2D eigenvalue weighted by atomic mass is 10.0. The molecule has 0 atom stereocenters. The first-order chi connectivity index (χ1) is 8.99. The quantitative estimate of drug-likeness (QED) is 0.471. The topological polar surface area (TPSA) is 34.1 Å². The summed E-state index contributed by atoms with van der Waals surface area (Å²) in [4.78, 5) is 26.3. The van der Waals surface area contributed by atoms with Gasteiger partial charge in [-0.2, -0.15) is 0 Å². The largest absolute Gasteiger partial charge is 0.294 e. The monoisotopic (exact) mass is 292 g/mol. The molecule has 0 fully saturated rings. The van der Waals surface area contributed by atoms with Crippen LogP contribution in [0.1, 0.15) is 27.2 Å². The Bertz CT molecular complexity index is 532. The molecule has 1 aromatic carbocycles. The van der Waals surface area contributed by atoms with Crippen LogP contribution in [0.2, 0.25) is 0 Å². The van der Waals surface area contributed by atoms with Crippen molar-refractivity contribution in [2.45, 2.75) is 37.0 Å². The van der Waals surface area contributed by atoms with Crippen LogP contribution in [0.25, 0.3) is 0 Å². The number of allylic oxidation sites excluding steroid dienone is 1. The number of ketones is 2. The lowest BCUT2D eigenvalue weighted by Crippen LogP contribution is -2.13. The first kappa shape index (κ1) is 14.4. The first-order valence-corrected chi connectivity index (χ1v) is 7.85. The third kappa shape index (κ3) is 3.31. The van der Waals surface area contributed by atoms with Gasteiger partial charge in [0.15, 0.2) is 11.6 Å². The summed E-state index contributed by atoms with van der Waals surface area (Å²) in [6.45, 7) is 5.46. The number of carbonyl (C=O) groups excluding carboxylic acids is 2. The van der Waals surface area contributed by atoms with Gasteiger partial charge in [-0.05, 0) is 25.0 Å². The highest BCUT2D eigenvalue weighted by molar-refractivity contribution is 8.24. The Morgan fingerprint density at radius 1 is 1.11 bits per heavy atom. The average Bonchev–Trinajstić information content (AvgIpc) is 2.70. The van der Waals surface area contributed by atoms with Crippen molar-refractivity contribution >= 4 is 35.1 Å². The summed E-state index contributed by atoms with van der Waals surface area (Å²) in [6, 6.07) is 7.98. The van der Waals surface area contributed by atoms with Crippen LogP contribution in [0.3, 0.4) is 0 Å². The van der Waals surface area contributed by atoms with Gasteiger partial charge in [0.2, 0.25) is 0 Å². The number of Topliss-reactive ketones (excluding diaryl/α,β-unsaturated/α-hetero) is 2. The second-order valence-corrected chi connectivity index (χ2v) is 7.25. The van der Waals surface area contributed by atoms with Gasteiger partial charge in [-0.25, -0.2) is 0 Å². The van der Waals surface area contributed by atoms with Crippen LogP contribution in [0.15, 0.2) is 43.9 Å². The van der Waals surface area contributed by atoms with Gasteiger partial charge in [0.05, 0.1) is 9.81 Å². The van der Waals surface area contributed by atoms with Crippen LogP contribution < -0.4 is 0 Å². The van der Waals surface area contributed by atoms with Crippen LogP contribution in [-0.2, 0) is 9.59 Å². The molecular formula is C15H16O2S2. The zero-order valence-electron chi connectivity index (χ0n) is 11.2. The molecule has 0 aliphatic carbocycles. The Labute approximate surface area is 122 Å². The minimum Gasteiger partial charge on any atom is -0.294 e. The van der Waals surface area contributed by atoms with Crippen LogP contribution in [0.4, 0.5) is 0 Å². The fourth-order valence-corrected chi connectivity index (χ4v) is 4.57. The number of hydrogen-bond donors (Lipinski definition) is 0. The Balaban J connectivity index is 2.33. The SMILES string of the molecule is CC(=O)C(C(=O)CC(C)C)=C1Sc2ccccc2S1. The molecule has 0 unspecified atom stereocenters. The van der Waals surface area contributed by atoms with E-state index in [-0.39, 0.29) is 17.5 Å². The fraction of sp³-hybridized carbons (Fsp3) is 0.333. The Kier molecular flexibility index (Phi) is 4.53. The third-order valence-corrected chi connectivity index (χ3v) is 5.24. The fourth-order valence-electron chi connectivity index (χ4n) is 1.87. The average molecular weight is 292 g/mol. The lowest BCUT2D eigenvalue weighted by molar-refractivity contribution is -0.120. The molecule has 19 heavy (non-hydrogen) atoms. The van der Waals surface area contributed by atoms with E-state index in [1.165, 1.54) is 30.4 Å². The number of thioether (sulfide) groups is 2. The number of carbonyl (C=O) groups is 2. The predicted octanol–water partition coefficient (Wildman–Crippen LogP) is 4.30. The normalized spacial score (nSPS) is 13.6. The van der Waals surface area contributed by atoms with E-state index in [0.29, 0.717) is 12.0 Å². The molecular weight excluding hydrogens is 276 g/mol. The van der Waals surface area contributed by atoms with Crippen molar-refractivity contribution in [3.63, 3.8) is 0 Å². The van der Waals surface area contributed by atoms with Gasteiger partial charge in [-0.3, -0.25) is 9.59 Å². The molecule has 1 aliphatic heterocycles. The molecule has 0 aromatic heterocycles. The molecule has 1 heterocycles. The van der Waals surface area contributed by atoms with Gasteiger partial charge in [0.1, 0.15) is 0 Å². The highest BCUT2D eigenvalue weighted by atomic mass is 32.2. The van der Waals surface area contributed by atoms with Crippen LogP contribution >= 0.6 is 23.5 Å². The number of hydrogen-bond acceptors (Lipinski definition) is 4. The van der Waals surface area contributed by atoms with Crippen molar-refractivity contribution in [2.24, 2.45) is 5.92 Å². The summed E-state index contributed by atoms with van der Waals surface area (Å²) in [5.41, 5.74) is 0.375. The van der Waals surface area contributed by atoms with Gasteiger partial charge < -0.3 is 0 Å². The summed E-state index contributed by atoms with van der Waals surface area (Å²) in [5.74, 6) is 0.0972. The van der Waals surface area contributed by atoms with Crippen molar-refractivity contribution in [3.8, 4) is 0 Å². The summed E-state index contributed by atoms with van der Waals surface area (Å²) in [5, 5.41) is 0. The van der Waals surface area contributed by atoms with Crippen molar-refractivity contribution in [1.29, 1.82) is 0 Å². The number of rotatable bonds is 4. The van der Waals surface area contributed by atoms with E-state index in [1.807, 2.05) is 38.1 Å². The molecule has 0 N–H and O–H groups in total. The van der Waals surface area contributed by atoms with Crippen molar-refractivity contribution < 1.29 is 9.59 Å². The van der Waals surface area contributed by atoms with Gasteiger partial charge in [0.25, 0.3) is 0 Å². The molecule has 0 amide bonds. The summed E-state index contributed by atoms with van der Waals surface area (Å²) >= 11 is 3.06. The number of fused-ring (bicyclic) bond motifs is 1. The molecule has 0 radical (unpaired) electrons. The van der Waals surface area contributed by atoms with Gasteiger partial charge in [-0.1, -0.05) is 49.5 Å². The van der Waals surface area contributed by atoms with Gasteiger partial charge in [0, 0.05) is 16.2 Å². The molecule has 0 spiro atoms. The molecule has 0 bridgehead atoms. The van der Waals surface area contributed by atoms with E-state index >= 15 is 0 Å². The molecule has 2 nitrogen and oxygen atoms in total. The predicted molar refractivity (Wildman–Crippen MR) is 80.3 cm³/mol. The molecule has 0 saturated heterocycles. The lowest BCUT2D eigenvalue weighted by Gasteiger charge is -2.08. The van der Waals surface area contributed by atoms with E-state index in [9.17, 15) is 9.59 Å². The Morgan fingerprint density at radius 2 is 1.63 bits per heavy atom. The zero-order valence-corrected chi connectivity index (χ0v) is 12.9. The maximum absolute atomic E-state index is 12.2. The van der Waals surface area contributed by atoms with Crippen LogP contribution in [0, 0.1) is 5.92 Å². The number of benzene rings is 1. The van der Waals surface area contributed by atoms with E-state index in [4.69, 9.17) is 0 Å². The van der Waals surface area contributed by atoms with E-state index in [0.717, 1.165) is 14.0 Å². The second-order valence-electron chi connectivity index (χ2n) is 4.89. The minimum atomic E-state index is -0.131. The Morgan fingerprint density at radius 3 is 2.05 bits per heavy atom. The van der Waals surface area contributed by atoms with Gasteiger partial charge >= 0.3 is 0 Å².